The van der Waals surface area contributed by atoms with Crippen molar-refractivity contribution in [3.05, 3.63) is 65.0 Å². The molecule has 0 heterocycles. The number of rotatable bonds is 8. The second-order valence-corrected chi connectivity index (χ2v) is 6.21. The van der Waals surface area contributed by atoms with E-state index in [0.717, 1.165) is 6.07 Å². The van der Waals surface area contributed by atoms with Crippen molar-refractivity contribution in [3.8, 4) is 0 Å². The number of carbonyl (C=O) groups excluding carboxylic acids is 2. The van der Waals surface area contributed by atoms with E-state index in [2.05, 4.69) is 15.4 Å². The Balaban J connectivity index is 1.99. The molecule has 0 spiro atoms. The molecule has 2 rings (SSSR count). The number of halogens is 4. The number of para-hydroxylation sites is 1. The van der Waals surface area contributed by atoms with Gasteiger partial charge in [-0.15, -0.1) is 0 Å². The zero-order chi connectivity index (χ0) is 21.4. The van der Waals surface area contributed by atoms with Crippen molar-refractivity contribution in [2.75, 3.05) is 25.1 Å². The monoisotopic (exact) mass is 412 g/mol. The van der Waals surface area contributed by atoms with Crippen LogP contribution in [0.3, 0.4) is 0 Å². The molecule has 0 aliphatic heterocycles. The predicted molar refractivity (Wildman–Crippen MR) is 99.4 cm³/mol. The third kappa shape index (κ3) is 6.86. The van der Waals surface area contributed by atoms with Crippen LogP contribution in [0.5, 0.6) is 0 Å². The van der Waals surface area contributed by atoms with Crippen LogP contribution in [0.25, 0.3) is 0 Å². The Bertz CT molecular complexity index is 869. The van der Waals surface area contributed by atoms with Gasteiger partial charge in [0.05, 0.1) is 16.8 Å². The minimum Gasteiger partial charge on any atom is -0.372 e. The van der Waals surface area contributed by atoms with Crippen LogP contribution in [0, 0.1) is 12.7 Å². The van der Waals surface area contributed by atoms with E-state index in [1.807, 2.05) is 0 Å². The van der Waals surface area contributed by atoms with Gasteiger partial charge >= 0.3 is 6.18 Å². The Morgan fingerprint density at radius 2 is 1.69 bits per heavy atom. The average Bonchev–Trinajstić information content (AvgIpc) is 2.65. The molecule has 2 N–H and O–H groups in total. The molecule has 156 valence electrons. The molecule has 0 radical (unpaired) electrons. The van der Waals surface area contributed by atoms with E-state index in [1.54, 1.807) is 19.1 Å². The number of amides is 2. The first kappa shape index (κ1) is 22.4. The van der Waals surface area contributed by atoms with Crippen molar-refractivity contribution >= 4 is 17.5 Å². The lowest BCUT2D eigenvalue weighted by molar-refractivity contribution is -0.173. The maximum atomic E-state index is 13.8. The minimum atomic E-state index is -4.39. The molecule has 0 fully saturated rings. The molecule has 0 saturated carbocycles. The molecule has 0 aromatic heterocycles. The highest BCUT2D eigenvalue weighted by molar-refractivity contribution is 6.09. The van der Waals surface area contributed by atoms with E-state index < -0.39 is 30.4 Å². The zero-order valence-corrected chi connectivity index (χ0v) is 15.6. The van der Waals surface area contributed by atoms with Crippen molar-refractivity contribution in [2.45, 2.75) is 19.5 Å². The van der Waals surface area contributed by atoms with Gasteiger partial charge in [0.1, 0.15) is 12.4 Å². The molecule has 0 aliphatic carbocycles. The molecule has 9 heteroatoms. The second-order valence-electron chi connectivity index (χ2n) is 6.21. The minimum absolute atomic E-state index is 0.0886. The highest BCUT2D eigenvalue weighted by Gasteiger charge is 2.27. The molecule has 0 aliphatic rings. The summed E-state index contributed by atoms with van der Waals surface area (Å²) in [5, 5.41) is 5.12. The van der Waals surface area contributed by atoms with E-state index >= 15 is 0 Å². The van der Waals surface area contributed by atoms with Crippen LogP contribution in [-0.2, 0) is 4.74 Å². The van der Waals surface area contributed by atoms with Gasteiger partial charge in [0.25, 0.3) is 11.8 Å². The van der Waals surface area contributed by atoms with E-state index in [4.69, 9.17) is 0 Å². The number of nitrogens with one attached hydrogen (secondary N) is 2. The second kappa shape index (κ2) is 10.0. The fourth-order valence-corrected chi connectivity index (χ4v) is 2.51. The van der Waals surface area contributed by atoms with Crippen LogP contribution in [0.15, 0.2) is 42.5 Å². The molecule has 29 heavy (non-hydrogen) atoms. The van der Waals surface area contributed by atoms with Gasteiger partial charge in [-0.1, -0.05) is 24.3 Å². The summed E-state index contributed by atoms with van der Waals surface area (Å²) in [6, 6.07) is 10.2. The molecule has 0 unspecified atom stereocenters. The van der Waals surface area contributed by atoms with E-state index in [0.29, 0.717) is 5.56 Å². The molecular formula is C20H20F4N2O3. The topological polar surface area (TPSA) is 67.4 Å². The van der Waals surface area contributed by atoms with Gasteiger partial charge in [0, 0.05) is 13.2 Å². The maximum absolute atomic E-state index is 13.8. The van der Waals surface area contributed by atoms with E-state index in [9.17, 15) is 27.2 Å². The van der Waals surface area contributed by atoms with Crippen LogP contribution in [0.1, 0.15) is 32.7 Å². The maximum Gasteiger partial charge on any atom is 0.411 e. The smallest absolute Gasteiger partial charge is 0.372 e. The normalized spacial score (nSPS) is 11.2. The van der Waals surface area contributed by atoms with Crippen molar-refractivity contribution in [3.63, 3.8) is 0 Å². The number of aryl methyl sites for hydroxylation is 1. The first-order valence-corrected chi connectivity index (χ1v) is 8.77. The van der Waals surface area contributed by atoms with Crippen LogP contribution in [0.4, 0.5) is 23.2 Å². The summed E-state index contributed by atoms with van der Waals surface area (Å²) in [7, 11) is 0. The summed E-state index contributed by atoms with van der Waals surface area (Å²) >= 11 is 0. The number of hydrogen-bond donors (Lipinski definition) is 2. The summed E-state index contributed by atoms with van der Waals surface area (Å²) in [6.45, 7) is 0.263. The Morgan fingerprint density at radius 3 is 2.38 bits per heavy atom. The molecule has 2 aromatic rings. The molecule has 2 aromatic carbocycles. The Kier molecular flexibility index (Phi) is 7.72. The first-order valence-electron chi connectivity index (χ1n) is 8.77. The average molecular weight is 412 g/mol. The number of hydrogen-bond acceptors (Lipinski definition) is 3. The highest BCUT2D eigenvalue weighted by Crippen LogP contribution is 2.22. The number of anilines is 1. The summed E-state index contributed by atoms with van der Waals surface area (Å²) in [5.41, 5.74) is 0.817. The van der Waals surface area contributed by atoms with Gasteiger partial charge in [-0.25, -0.2) is 4.39 Å². The summed E-state index contributed by atoms with van der Waals surface area (Å²) in [5.74, 6) is -1.91. The molecule has 2 amide bonds. The zero-order valence-electron chi connectivity index (χ0n) is 15.6. The highest BCUT2D eigenvalue weighted by atomic mass is 19.4. The van der Waals surface area contributed by atoms with Crippen LogP contribution >= 0.6 is 0 Å². The molecule has 0 atom stereocenters. The molecule has 0 bridgehead atoms. The number of carbonyl (C=O) groups is 2. The lowest BCUT2D eigenvalue weighted by Gasteiger charge is -2.14. The van der Waals surface area contributed by atoms with Gasteiger partial charge in [0.2, 0.25) is 0 Å². The largest absolute Gasteiger partial charge is 0.411 e. The van der Waals surface area contributed by atoms with Crippen LogP contribution in [-0.4, -0.2) is 37.7 Å². The van der Waals surface area contributed by atoms with Crippen molar-refractivity contribution in [2.24, 2.45) is 0 Å². The van der Waals surface area contributed by atoms with Gasteiger partial charge in [-0.3, -0.25) is 9.59 Å². The number of ether oxygens (including phenoxy) is 1. The third-order valence-electron chi connectivity index (χ3n) is 3.89. The third-order valence-corrected chi connectivity index (χ3v) is 3.89. The summed E-state index contributed by atoms with van der Waals surface area (Å²) in [6.07, 6.45) is -4.21. The van der Waals surface area contributed by atoms with Crippen molar-refractivity contribution < 1.29 is 31.9 Å². The standard InChI is InChI=1S/C20H20F4N2O3/c1-13-6-4-8-15(18(27)25-10-5-11-29-12-20(22,23)24)17(13)26-19(28)14-7-2-3-9-16(14)21/h2-4,6-9H,5,10-12H2,1H3,(H,25,27)(H,26,28). The molecule has 5 nitrogen and oxygen atoms in total. The van der Waals surface area contributed by atoms with Gasteiger partial charge in [-0.2, -0.15) is 13.2 Å². The lowest BCUT2D eigenvalue weighted by Crippen LogP contribution is -2.27. The van der Waals surface area contributed by atoms with Crippen molar-refractivity contribution in [1.82, 2.24) is 5.32 Å². The van der Waals surface area contributed by atoms with Crippen LogP contribution < -0.4 is 10.6 Å². The fraction of sp³-hybridized carbons (Fsp3) is 0.300. The molecular weight excluding hydrogens is 392 g/mol. The fourth-order valence-electron chi connectivity index (χ4n) is 2.51. The number of alkyl halides is 3. The van der Waals surface area contributed by atoms with Gasteiger partial charge in [0.15, 0.2) is 0 Å². The molecule has 0 saturated heterocycles. The Hall–Kier alpha value is -2.94. The lowest BCUT2D eigenvalue weighted by atomic mass is 10.1. The first-order chi connectivity index (χ1) is 13.7. The number of benzene rings is 2. The van der Waals surface area contributed by atoms with Gasteiger partial charge < -0.3 is 15.4 Å². The Morgan fingerprint density at radius 1 is 1.00 bits per heavy atom. The summed E-state index contributed by atoms with van der Waals surface area (Å²) in [4.78, 5) is 24.8. The van der Waals surface area contributed by atoms with E-state index in [-0.39, 0.29) is 36.4 Å². The SMILES string of the molecule is Cc1cccc(C(=O)NCCCOCC(F)(F)F)c1NC(=O)c1ccccc1F. The predicted octanol–water partition coefficient (Wildman–Crippen LogP) is 4.09. The van der Waals surface area contributed by atoms with Gasteiger partial charge in [-0.05, 0) is 37.1 Å². The quantitative estimate of drug-likeness (QED) is 0.507. The van der Waals surface area contributed by atoms with Crippen molar-refractivity contribution in [1.29, 1.82) is 0 Å². The Labute approximate surface area is 165 Å². The van der Waals surface area contributed by atoms with Crippen LogP contribution in [0.2, 0.25) is 0 Å². The van der Waals surface area contributed by atoms with E-state index in [1.165, 1.54) is 24.3 Å². The summed E-state index contributed by atoms with van der Waals surface area (Å²) < 4.78 is 54.3.